The van der Waals surface area contributed by atoms with Crippen LogP contribution in [-0.2, 0) is 33.2 Å². The maximum absolute atomic E-state index is 13.4. The molecule has 0 saturated carbocycles. The van der Waals surface area contributed by atoms with Gasteiger partial charge in [-0.3, -0.25) is 4.79 Å². The predicted molar refractivity (Wildman–Crippen MR) is 341 cm³/mol. The molecule has 0 aromatic heterocycles. The molecule has 19 nitrogen and oxygen atoms in total. The highest BCUT2D eigenvalue weighted by Gasteiger charge is 2.53. The van der Waals surface area contributed by atoms with Crippen LogP contribution in [-0.4, -0.2) is 193 Å². The minimum absolute atomic E-state index is 0.227. The first-order valence-corrected chi connectivity index (χ1v) is 33.5. The van der Waals surface area contributed by atoms with Gasteiger partial charge in [-0.15, -0.1) is 0 Å². The van der Waals surface area contributed by atoms with Gasteiger partial charge in [0.25, 0.3) is 0 Å². The first-order chi connectivity index (χ1) is 42.8. The van der Waals surface area contributed by atoms with Crippen LogP contribution in [0.5, 0.6) is 0 Å². The predicted octanol–water partition coefficient (Wildman–Crippen LogP) is 8.10. The van der Waals surface area contributed by atoms with Crippen molar-refractivity contribution in [1.29, 1.82) is 0 Å². The highest BCUT2D eigenvalue weighted by molar-refractivity contribution is 5.76. The van der Waals surface area contributed by atoms with Gasteiger partial charge in [0.2, 0.25) is 5.91 Å². The molecule has 3 saturated heterocycles. The van der Waals surface area contributed by atoms with Crippen LogP contribution in [0, 0.1) is 0 Å². The van der Waals surface area contributed by atoms with E-state index in [0.29, 0.717) is 12.8 Å². The SMILES string of the molecule is CC/C=C\C/C=C\C/C=C\C/C=C\C/C=C\C/C=C\CCCCCCCCCCCCCCC(=O)NC(COC1OC(CO)C(OC2OC(CO)C(OC3OC(CO)C(O)C(O)C3O)C(O)C2O)C(O)C1O)C(O)/C=C/CC/C=C/CCCCCCCC. The fourth-order valence-electron chi connectivity index (χ4n) is 10.7. The molecule has 12 N–H and O–H groups in total. The summed E-state index contributed by atoms with van der Waals surface area (Å²) in [5, 5.41) is 120. The highest BCUT2D eigenvalue weighted by Crippen LogP contribution is 2.33. The summed E-state index contributed by atoms with van der Waals surface area (Å²) in [4.78, 5) is 13.4. The van der Waals surface area contributed by atoms with Crippen molar-refractivity contribution < 1.29 is 89.4 Å². The number of aliphatic hydroxyl groups is 11. The van der Waals surface area contributed by atoms with Gasteiger partial charge in [-0.1, -0.05) is 207 Å². The molecule has 0 spiro atoms. The van der Waals surface area contributed by atoms with Gasteiger partial charge in [-0.25, -0.2) is 0 Å². The molecule has 0 aromatic rings. The van der Waals surface area contributed by atoms with Gasteiger partial charge in [0.05, 0.1) is 38.6 Å². The topological polar surface area (TPSA) is 307 Å². The fourth-order valence-corrected chi connectivity index (χ4v) is 10.7. The van der Waals surface area contributed by atoms with E-state index in [0.717, 1.165) is 89.9 Å². The summed E-state index contributed by atoms with van der Waals surface area (Å²) in [5.74, 6) is -0.293. The van der Waals surface area contributed by atoms with Crippen LogP contribution in [0.2, 0.25) is 0 Å². The summed E-state index contributed by atoms with van der Waals surface area (Å²) in [6, 6.07) is -0.995. The van der Waals surface area contributed by atoms with E-state index in [4.69, 9.17) is 28.4 Å². The summed E-state index contributed by atoms with van der Waals surface area (Å²) >= 11 is 0. The number of carbonyl (C=O) groups excluding carboxylic acids is 1. The Morgan fingerprint density at radius 3 is 1.27 bits per heavy atom. The minimum atomic E-state index is -1.98. The largest absolute Gasteiger partial charge is 0.394 e. The zero-order valence-electron chi connectivity index (χ0n) is 53.2. The molecule has 17 atom stereocenters. The number of ether oxygens (including phenoxy) is 6. The number of allylic oxidation sites excluding steroid dienone is 15. The van der Waals surface area contributed by atoms with Crippen molar-refractivity contribution in [2.45, 2.75) is 304 Å². The second-order valence-electron chi connectivity index (χ2n) is 23.5. The average molecular weight is 1250 g/mol. The molecule has 0 aliphatic carbocycles. The smallest absolute Gasteiger partial charge is 0.220 e. The van der Waals surface area contributed by atoms with Crippen molar-refractivity contribution in [1.82, 2.24) is 5.32 Å². The van der Waals surface area contributed by atoms with E-state index in [9.17, 15) is 61.0 Å². The maximum atomic E-state index is 13.4. The summed E-state index contributed by atoms with van der Waals surface area (Å²) in [7, 11) is 0. The summed E-state index contributed by atoms with van der Waals surface area (Å²) in [6.07, 6.45) is 38.3. The van der Waals surface area contributed by atoms with E-state index >= 15 is 0 Å². The number of rotatable bonds is 49. The van der Waals surface area contributed by atoms with Gasteiger partial charge in [-0.05, 0) is 83.5 Å². The zero-order chi connectivity index (χ0) is 64.0. The Morgan fingerprint density at radius 2 is 0.795 bits per heavy atom. The van der Waals surface area contributed by atoms with Crippen molar-refractivity contribution >= 4 is 5.91 Å². The molecule has 3 heterocycles. The maximum Gasteiger partial charge on any atom is 0.220 e. The number of aliphatic hydroxyl groups excluding tert-OH is 11. The Labute approximate surface area is 526 Å². The van der Waals surface area contributed by atoms with Crippen molar-refractivity contribution in [3.05, 3.63) is 97.2 Å². The molecule has 3 fully saturated rings. The van der Waals surface area contributed by atoms with E-state index in [1.807, 2.05) is 6.08 Å². The lowest BCUT2D eigenvalue weighted by molar-refractivity contribution is -0.379. The molecule has 1 amide bonds. The Kier molecular flexibility index (Phi) is 45.1. The second kappa shape index (κ2) is 50.3. The zero-order valence-corrected chi connectivity index (χ0v) is 53.2. The summed E-state index contributed by atoms with van der Waals surface area (Å²) in [5.41, 5.74) is 0. The van der Waals surface area contributed by atoms with E-state index in [2.05, 4.69) is 104 Å². The quantitative estimate of drug-likeness (QED) is 0.0202. The van der Waals surface area contributed by atoms with Crippen LogP contribution in [0.15, 0.2) is 97.2 Å². The number of hydrogen-bond acceptors (Lipinski definition) is 18. The molecule has 506 valence electrons. The third-order valence-corrected chi connectivity index (χ3v) is 16.1. The second-order valence-corrected chi connectivity index (χ2v) is 23.5. The Hall–Kier alpha value is -3.29. The molecular formula is C69H117NO18. The fraction of sp³-hybridized carbons (Fsp3) is 0.754. The average Bonchev–Trinajstić information content (AvgIpc) is 1.54. The summed E-state index contributed by atoms with van der Waals surface area (Å²) < 4.78 is 34.2. The van der Waals surface area contributed by atoms with Crippen molar-refractivity contribution in [2.75, 3.05) is 26.4 Å². The van der Waals surface area contributed by atoms with Gasteiger partial charge in [0.15, 0.2) is 18.9 Å². The molecule has 88 heavy (non-hydrogen) atoms. The number of nitrogens with one attached hydrogen (secondary N) is 1. The Morgan fingerprint density at radius 1 is 0.420 bits per heavy atom. The molecule has 0 bridgehead atoms. The molecule has 17 unspecified atom stereocenters. The molecule has 19 heteroatoms. The first kappa shape index (κ1) is 78.9. The van der Waals surface area contributed by atoms with Gasteiger partial charge >= 0.3 is 0 Å². The van der Waals surface area contributed by atoms with Crippen LogP contribution >= 0.6 is 0 Å². The van der Waals surface area contributed by atoms with E-state index in [-0.39, 0.29) is 18.9 Å². The number of carbonyl (C=O) groups is 1. The van der Waals surface area contributed by atoms with Crippen LogP contribution in [0.3, 0.4) is 0 Å². The molecule has 0 radical (unpaired) electrons. The Balaban J connectivity index is 1.39. The van der Waals surface area contributed by atoms with E-state index in [1.54, 1.807) is 6.08 Å². The monoisotopic (exact) mass is 1250 g/mol. The standard InChI is InChI=1S/C69H117NO18/c1-3-5-7-9-11-13-15-17-18-19-20-21-22-23-24-25-26-27-28-29-30-31-32-33-34-35-37-39-41-43-45-47-57(75)70-52(53(74)46-44-42-40-38-36-16-14-12-10-8-6-4-2)51-83-67-63(81)60(78)65(55(49-72)85-67)88-69-64(82)61(79)66(56(50-73)86-69)87-68-62(80)59(77)58(76)54(48-71)84-68/h5,7,11,13,17-18,20-21,23-24,26-27,36,38,44,46,52-56,58-69,71-74,76-82H,3-4,6,8-10,12,14-16,19,22,25,28-35,37,39-43,45,47-51H2,1-2H3,(H,70,75)/b7-5-,13-11-,18-17-,21-20-,24-23-,27-26-,38-36+,46-44+. The van der Waals surface area contributed by atoms with Gasteiger partial charge in [-0.2, -0.15) is 0 Å². The van der Waals surface area contributed by atoms with Gasteiger partial charge < -0.3 is 89.9 Å². The normalized spacial score (nSPS) is 29.0. The first-order valence-electron chi connectivity index (χ1n) is 33.5. The van der Waals surface area contributed by atoms with Crippen molar-refractivity contribution in [3.63, 3.8) is 0 Å². The third kappa shape index (κ3) is 32.3. The molecular weight excluding hydrogens is 1130 g/mol. The van der Waals surface area contributed by atoms with Crippen molar-refractivity contribution in [3.8, 4) is 0 Å². The molecule has 3 aliphatic rings. The lowest BCUT2D eigenvalue weighted by Crippen LogP contribution is -2.66. The van der Waals surface area contributed by atoms with Crippen LogP contribution in [0.4, 0.5) is 0 Å². The van der Waals surface area contributed by atoms with Gasteiger partial charge in [0.1, 0.15) is 73.2 Å². The van der Waals surface area contributed by atoms with Crippen LogP contribution < -0.4 is 5.32 Å². The Bertz CT molecular complexity index is 1970. The van der Waals surface area contributed by atoms with E-state index < -0.39 is 124 Å². The van der Waals surface area contributed by atoms with Crippen molar-refractivity contribution in [2.24, 2.45) is 0 Å². The lowest BCUT2D eigenvalue weighted by Gasteiger charge is -2.48. The summed E-state index contributed by atoms with van der Waals surface area (Å²) in [6.45, 7) is 1.55. The number of amides is 1. The van der Waals surface area contributed by atoms with Gasteiger partial charge in [0, 0.05) is 6.42 Å². The lowest BCUT2D eigenvalue weighted by atomic mass is 9.96. The van der Waals surface area contributed by atoms with E-state index in [1.165, 1.54) is 77.0 Å². The third-order valence-electron chi connectivity index (χ3n) is 16.1. The van der Waals surface area contributed by atoms with Crippen LogP contribution in [0.1, 0.15) is 200 Å². The minimum Gasteiger partial charge on any atom is -0.394 e. The molecule has 3 rings (SSSR count). The number of unbranched alkanes of at least 4 members (excludes halogenated alkanes) is 19. The molecule has 0 aromatic carbocycles. The van der Waals surface area contributed by atoms with Crippen LogP contribution in [0.25, 0.3) is 0 Å². The number of hydrogen-bond donors (Lipinski definition) is 12. The highest BCUT2D eigenvalue weighted by atomic mass is 16.8. The molecule has 3 aliphatic heterocycles.